The Morgan fingerprint density at radius 3 is 2.55 bits per heavy atom. The zero-order valence-corrected chi connectivity index (χ0v) is 20.1. The lowest BCUT2D eigenvalue weighted by Gasteiger charge is -2.35. The summed E-state index contributed by atoms with van der Waals surface area (Å²) in [6, 6.07) is 11.0. The van der Waals surface area contributed by atoms with Crippen molar-refractivity contribution in [2.45, 2.75) is 36.2 Å². The van der Waals surface area contributed by atoms with E-state index in [4.69, 9.17) is 13.9 Å². The Morgan fingerprint density at radius 1 is 1.18 bits per heavy atom. The van der Waals surface area contributed by atoms with E-state index in [-0.39, 0.29) is 28.8 Å². The molecule has 0 spiro atoms. The number of benzene rings is 2. The van der Waals surface area contributed by atoms with E-state index < -0.39 is 10.0 Å². The Balaban J connectivity index is 1.43. The van der Waals surface area contributed by atoms with E-state index in [0.717, 1.165) is 0 Å². The summed E-state index contributed by atoms with van der Waals surface area (Å²) in [4.78, 5) is 18.8. The number of oxazole rings is 1. The molecule has 1 amide bonds. The molecule has 33 heavy (non-hydrogen) atoms. The Labute approximate surface area is 196 Å². The van der Waals surface area contributed by atoms with Gasteiger partial charge in [0, 0.05) is 18.8 Å². The van der Waals surface area contributed by atoms with Crippen LogP contribution in [0, 0.1) is 0 Å². The zero-order chi connectivity index (χ0) is 23.6. The molecule has 1 saturated heterocycles. The van der Waals surface area contributed by atoms with Crippen molar-refractivity contribution in [2.75, 3.05) is 30.7 Å². The number of fused-ring (bicyclic) bond motifs is 1. The Morgan fingerprint density at radius 2 is 1.88 bits per heavy atom. The van der Waals surface area contributed by atoms with Gasteiger partial charge in [-0.2, -0.15) is 0 Å². The largest absolute Gasteiger partial charge is 0.497 e. The van der Waals surface area contributed by atoms with E-state index in [0.29, 0.717) is 40.8 Å². The van der Waals surface area contributed by atoms with E-state index in [2.05, 4.69) is 9.71 Å². The summed E-state index contributed by atoms with van der Waals surface area (Å²) in [5.74, 6) is 0.788. The number of thioether (sulfide) groups is 1. The van der Waals surface area contributed by atoms with Crippen molar-refractivity contribution in [3.8, 4) is 5.75 Å². The highest BCUT2D eigenvalue weighted by molar-refractivity contribution is 7.99. The highest BCUT2D eigenvalue weighted by Crippen LogP contribution is 2.27. The van der Waals surface area contributed by atoms with Gasteiger partial charge in [0.25, 0.3) is 15.2 Å². The standard InChI is InChI=1S/C22H25N3O6S2/c1-14-11-25(12-15(2)30-14)21(26)13-32-22-23-19-10-18(8-9-20(19)31-22)33(27,28)24-16-4-6-17(29-3)7-5-16/h4-10,14-15,24H,11-13H2,1-3H3. The van der Waals surface area contributed by atoms with Gasteiger partial charge in [-0.3, -0.25) is 9.52 Å². The summed E-state index contributed by atoms with van der Waals surface area (Å²) in [7, 11) is -2.28. The maximum atomic E-state index is 12.8. The van der Waals surface area contributed by atoms with Gasteiger partial charge in [-0.15, -0.1) is 0 Å². The van der Waals surface area contributed by atoms with Crippen LogP contribution in [0.25, 0.3) is 11.1 Å². The van der Waals surface area contributed by atoms with Gasteiger partial charge in [-0.05, 0) is 56.3 Å². The molecule has 2 heterocycles. The van der Waals surface area contributed by atoms with Crippen molar-refractivity contribution in [1.29, 1.82) is 0 Å². The molecule has 4 rings (SSSR count). The molecule has 1 fully saturated rings. The lowest BCUT2D eigenvalue weighted by atomic mass is 10.2. The Bertz CT molecular complexity index is 1230. The molecule has 0 aliphatic carbocycles. The number of anilines is 1. The summed E-state index contributed by atoms with van der Waals surface area (Å²) in [5.41, 5.74) is 1.26. The second-order valence-corrected chi connectivity index (χ2v) is 10.4. The zero-order valence-electron chi connectivity index (χ0n) is 18.5. The molecule has 3 aromatic rings. The van der Waals surface area contributed by atoms with Gasteiger partial charge in [-0.1, -0.05) is 11.8 Å². The topological polar surface area (TPSA) is 111 Å². The van der Waals surface area contributed by atoms with Crippen molar-refractivity contribution < 1.29 is 27.1 Å². The van der Waals surface area contributed by atoms with Gasteiger partial charge < -0.3 is 18.8 Å². The number of carbonyl (C=O) groups is 1. The number of nitrogens with zero attached hydrogens (tertiary/aromatic N) is 2. The predicted octanol–water partition coefficient (Wildman–Crippen LogP) is 3.37. The Hall–Kier alpha value is -2.76. The first-order valence-corrected chi connectivity index (χ1v) is 12.8. The Kier molecular flexibility index (Phi) is 6.82. The molecule has 0 bridgehead atoms. The number of sulfonamides is 1. The molecule has 9 nitrogen and oxygen atoms in total. The molecule has 1 N–H and O–H groups in total. The lowest BCUT2D eigenvalue weighted by molar-refractivity contribution is -0.140. The second kappa shape index (κ2) is 9.62. The van der Waals surface area contributed by atoms with E-state index in [1.807, 2.05) is 13.8 Å². The third-order valence-electron chi connectivity index (χ3n) is 5.08. The number of amides is 1. The number of nitrogens with one attached hydrogen (secondary N) is 1. The lowest BCUT2D eigenvalue weighted by Crippen LogP contribution is -2.48. The van der Waals surface area contributed by atoms with Crippen LogP contribution in [0.4, 0.5) is 5.69 Å². The number of methoxy groups -OCH3 is 1. The predicted molar refractivity (Wildman–Crippen MR) is 125 cm³/mol. The number of ether oxygens (including phenoxy) is 2. The molecule has 2 atom stereocenters. The smallest absolute Gasteiger partial charge is 0.261 e. The molecule has 1 aromatic heterocycles. The molecular weight excluding hydrogens is 466 g/mol. The number of carbonyl (C=O) groups excluding carboxylic acids is 1. The van der Waals surface area contributed by atoms with Gasteiger partial charge in [0.1, 0.15) is 11.3 Å². The maximum absolute atomic E-state index is 12.8. The van der Waals surface area contributed by atoms with Crippen LogP contribution in [0.1, 0.15) is 13.8 Å². The number of rotatable bonds is 7. The van der Waals surface area contributed by atoms with E-state index >= 15 is 0 Å². The normalized spacial score (nSPS) is 18.9. The summed E-state index contributed by atoms with van der Waals surface area (Å²) in [6.07, 6.45) is -0.00200. The fourth-order valence-corrected chi connectivity index (χ4v) is 5.40. The van der Waals surface area contributed by atoms with Gasteiger partial charge in [0.2, 0.25) is 5.91 Å². The van der Waals surface area contributed by atoms with Crippen LogP contribution in [0.3, 0.4) is 0 Å². The second-order valence-electron chi connectivity index (χ2n) is 7.79. The van der Waals surface area contributed by atoms with Crippen LogP contribution in [0.5, 0.6) is 5.75 Å². The fourth-order valence-electron chi connectivity index (χ4n) is 3.58. The van der Waals surface area contributed by atoms with Crippen LogP contribution in [0.15, 0.2) is 57.0 Å². The molecule has 2 unspecified atom stereocenters. The number of hydrogen-bond acceptors (Lipinski definition) is 8. The highest BCUT2D eigenvalue weighted by atomic mass is 32.2. The van der Waals surface area contributed by atoms with Crippen LogP contribution in [0.2, 0.25) is 0 Å². The molecular formula is C22H25N3O6S2. The molecule has 1 aliphatic rings. The van der Waals surface area contributed by atoms with Crippen molar-refractivity contribution in [2.24, 2.45) is 0 Å². The number of hydrogen-bond donors (Lipinski definition) is 1. The van der Waals surface area contributed by atoms with Crippen LogP contribution in [-0.4, -0.2) is 62.4 Å². The van der Waals surface area contributed by atoms with Crippen LogP contribution in [-0.2, 0) is 19.6 Å². The summed E-state index contributed by atoms with van der Waals surface area (Å²) in [5, 5.41) is 0.311. The van der Waals surface area contributed by atoms with Crippen molar-refractivity contribution in [1.82, 2.24) is 9.88 Å². The van der Waals surface area contributed by atoms with Gasteiger partial charge in [0.15, 0.2) is 5.58 Å². The average Bonchev–Trinajstić information content (AvgIpc) is 3.19. The minimum atomic E-state index is -3.82. The van der Waals surface area contributed by atoms with Crippen molar-refractivity contribution in [3.63, 3.8) is 0 Å². The molecule has 1 aliphatic heterocycles. The van der Waals surface area contributed by atoms with Gasteiger partial charge in [0.05, 0.1) is 30.0 Å². The first kappa shape index (κ1) is 23.4. The fraction of sp³-hybridized carbons (Fsp3) is 0.364. The van der Waals surface area contributed by atoms with Crippen molar-refractivity contribution >= 4 is 44.5 Å². The molecule has 0 radical (unpaired) electrons. The quantitative estimate of drug-likeness (QED) is 0.501. The molecule has 2 aromatic carbocycles. The maximum Gasteiger partial charge on any atom is 0.261 e. The number of morpholine rings is 1. The summed E-state index contributed by atoms with van der Waals surface area (Å²) in [6.45, 7) is 5.00. The first-order valence-electron chi connectivity index (χ1n) is 10.4. The van der Waals surface area contributed by atoms with Crippen LogP contribution < -0.4 is 9.46 Å². The highest BCUT2D eigenvalue weighted by Gasteiger charge is 2.26. The average molecular weight is 492 g/mol. The summed E-state index contributed by atoms with van der Waals surface area (Å²) >= 11 is 1.18. The number of aromatic nitrogens is 1. The molecule has 0 saturated carbocycles. The summed E-state index contributed by atoms with van der Waals surface area (Å²) < 4.78 is 44.5. The molecule has 176 valence electrons. The minimum absolute atomic E-state index is 0.001000. The van der Waals surface area contributed by atoms with Crippen molar-refractivity contribution in [3.05, 3.63) is 42.5 Å². The van der Waals surface area contributed by atoms with E-state index in [1.54, 1.807) is 42.3 Å². The van der Waals surface area contributed by atoms with Crippen LogP contribution >= 0.6 is 11.8 Å². The third-order valence-corrected chi connectivity index (χ3v) is 7.28. The van der Waals surface area contributed by atoms with E-state index in [1.165, 1.54) is 23.9 Å². The minimum Gasteiger partial charge on any atom is -0.497 e. The van der Waals surface area contributed by atoms with E-state index in [9.17, 15) is 13.2 Å². The molecule has 11 heteroatoms. The monoisotopic (exact) mass is 491 g/mol. The SMILES string of the molecule is COc1ccc(NS(=O)(=O)c2ccc3oc(SCC(=O)N4CC(C)OC(C)C4)nc3c2)cc1. The first-order chi connectivity index (χ1) is 15.7. The van der Waals surface area contributed by atoms with Gasteiger partial charge in [-0.25, -0.2) is 13.4 Å². The van der Waals surface area contributed by atoms with Gasteiger partial charge >= 0.3 is 0 Å². The third kappa shape index (κ3) is 5.60.